The topological polar surface area (TPSA) is 26.0 Å². The lowest BCUT2D eigenvalue weighted by atomic mass is 10.1. The molecule has 0 amide bonds. The molecule has 1 aliphatic carbocycles. The van der Waals surface area contributed by atoms with E-state index in [9.17, 15) is 8.78 Å². The van der Waals surface area contributed by atoms with Crippen LogP contribution in [0.2, 0.25) is 0 Å². The van der Waals surface area contributed by atoms with Gasteiger partial charge in [0, 0.05) is 13.0 Å². The first-order valence-corrected chi connectivity index (χ1v) is 3.13. The van der Waals surface area contributed by atoms with Crippen LogP contribution in [-0.4, -0.2) is 12.7 Å². The Morgan fingerprint density at radius 2 is 2.40 bits per heavy atom. The van der Waals surface area contributed by atoms with Gasteiger partial charge in [-0.25, -0.2) is 8.78 Å². The molecule has 0 aliphatic heterocycles. The minimum absolute atomic E-state index is 0.135. The molecule has 0 spiro atoms. The van der Waals surface area contributed by atoms with E-state index in [1.54, 1.807) is 0 Å². The van der Waals surface area contributed by atoms with Gasteiger partial charge in [-0.1, -0.05) is 0 Å². The van der Waals surface area contributed by atoms with Crippen molar-refractivity contribution >= 4 is 0 Å². The average Bonchev–Trinajstić information content (AvgIpc) is 1.85. The summed E-state index contributed by atoms with van der Waals surface area (Å²) in [7, 11) is 0. The third kappa shape index (κ3) is 1.64. The monoisotopic (exact) mass is 145 g/mol. The van der Waals surface area contributed by atoms with Gasteiger partial charge in [0.25, 0.3) is 0 Å². The Morgan fingerprint density at radius 1 is 1.70 bits per heavy atom. The van der Waals surface area contributed by atoms with Crippen LogP contribution in [0.1, 0.15) is 6.42 Å². The molecule has 0 radical (unpaired) electrons. The molecule has 0 fully saturated rings. The Morgan fingerprint density at radius 3 is 2.90 bits per heavy atom. The molecule has 0 aromatic rings. The summed E-state index contributed by atoms with van der Waals surface area (Å²) in [6, 6.07) is 0. The lowest BCUT2D eigenvalue weighted by molar-refractivity contribution is 0.367. The highest BCUT2D eigenvalue weighted by atomic mass is 19.1. The number of rotatable bonds is 1. The number of halogens is 2. The SMILES string of the molecule is NCC1=CC(F)CC(F)=C1. The van der Waals surface area contributed by atoms with E-state index in [4.69, 9.17) is 5.73 Å². The maximum Gasteiger partial charge on any atom is 0.125 e. The molecule has 1 rings (SSSR count). The Labute approximate surface area is 58.2 Å². The maximum absolute atomic E-state index is 12.5. The van der Waals surface area contributed by atoms with Crippen LogP contribution < -0.4 is 5.73 Å². The highest BCUT2D eigenvalue weighted by Gasteiger charge is 2.12. The molecule has 0 saturated carbocycles. The van der Waals surface area contributed by atoms with Gasteiger partial charge in [-0.05, 0) is 17.7 Å². The third-order valence-corrected chi connectivity index (χ3v) is 1.36. The number of allylic oxidation sites excluding steroid dienone is 2. The van der Waals surface area contributed by atoms with Crippen molar-refractivity contribution in [1.29, 1.82) is 0 Å². The number of nitrogens with two attached hydrogens (primary N) is 1. The lowest BCUT2D eigenvalue weighted by Crippen LogP contribution is -2.09. The molecule has 10 heavy (non-hydrogen) atoms. The molecule has 1 aliphatic rings. The molecule has 0 aromatic heterocycles. The molecule has 0 bridgehead atoms. The highest BCUT2D eigenvalue weighted by molar-refractivity contribution is 5.28. The average molecular weight is 145 g/mol. The van der Waals surface area contributed by atoms with E-state index in [-0.39, 0.29) is 13.0 Å². The van der Waals surface area contributed by atoms with Crippen LogP contribution >= 0.6 is 0 Å². The van der Waals surface area contributed by atoms with Gasteiger partial charge in [-0.3, -0.25) is 0 Å². The van der Waals surface area contributed by atoms with E-state index < -0.39 is 12.0 Å². The Kier molecular flexibility index (Phi) is 2.17. The second kappa shape index (κ2) is 2.92. The van der Waals surface area contributed by atoms with Gasteiger partial charge in [-0.2, -0.15) is 0 Å². The Hall–Kier alpha value is -0.700. The van der Waals surface area contributed by atoms with Crippen molar-refractivity contribution < 1.29 is 8.78 Å². The normalized spacial score (nSPS) is 25.7. The van der Waals surface area contributed by atoms with Gasteiger partial charge in [0.2, 0.25) is 0 Å². The summed E-state index contributed by atoms with van der Waals surface area (Å²) >= 11 is 0. The first-order valence-electron chi connectivity index (χ1n) is 3.13. The first kappa shape index (κ1) is 7.41. The number of hydrogen-bond acceptors (Lipinski definition) is 1. The molecular formula is C7H9F2N. The van der Waals surface area contributed by atoms with Crippen LogP contribution in [0.15, 0.2) is 23.6 Å². The second-order valence-electron chi connectivity index (χ2n) is 2.26. The third-order valence-electron chi connectivity index (χ3n) is 1.36. The van der Waals surface area contributed by atoms with E-state index in [1.807, 2.05) is 0 Å². The van der Waals surface area contributed by atoms with Gasteiger partial charge < -0.3 is 5.73 Å². The minimum Gasteiger partial charge on any atom is -0.327 e. The van der Waals surface area contributed by atoms with E-state index in [2.05, 4.69) is 0 Å². The summed E-state index contributed by atoms with van der Waals surface area (Å²) in [6.07, 6.45) is 1.31. The predicted octanol–water partition coefficient (Wildman–Crippen LogP) is 1.47. The maximum atomic E-state index is 12.5. The van der Waals surface area contributed by atoms with Crippen molar-refractivity contribution in [1.82, 2.24) is 0 Å². The number of hydrogen-bond donors (Lipinski definition) is 1. The minimum atomic E-state index is -1.19. The van der Waals surface area contributed by atoms with Crippen molar-refractivity contribution in [3.63, 3.8) is 0 Å². The van der Waals surface area contributed by atoms with Crippen molar-refractivity contribution in [2.24, 2.45) is 5.73 Å². The fourth-order valence-corrected chi connectivity index (χ4v) is 0.913. The molecule has 0 heterocycles. The number of alkyl halides is 1. The zero-order valence-electron chi connectivity index (χ0n) is 5.48. The van der Waals surface area contributed by atoms with Gasteiger partial charge in [0.1, 0.15) is 12.0 Å². The fourth-order valence-electron chi connectivity index (χ4n) is 0.913. The summed E-state index contributed by atoms with van der Waals surface area (Å²) in [5, 5.41) is 0. The highest BCUT2D eigenvalue weighted by Crippen LogP contribution is 2.19. The molecule has 2 N–H and O–H groups in total. The largest absolute Gasteiger partial charge is 0.327 e. The van der Waals surface area contributed by atoms with Crippen molar-refractivity contribution in [2.45, 2.75) is 12.6 Å². The van der Waals surface area contributed by atoms with E-state index in [1.165, 1.54) is 12.2 Å². The summed E-state index contributed by atoms with van der Waals surface area (Å²) in [5.74, 6) is -0.421. The predicted molar refractivity (Wildman–Crippen MR) is 35.8 cm³/mol. The molecule has 0 aromatic carbocycles. The summed E-state index contributed by atoms with van der Waals surface area (Å²) in [5.41, 5.74) is 5.72. The molecule has 1 nitrogen and oxygen atoms in total. The van der Waals surface area contributed by atoms with Crippen LogP contribution in [-0.2, 0) is 0 Å². The smallest absolute Gasteiger partial charge is 0.125 e. The lowest BCUT2D eigenvalue weighted by Gasteiger charge is -2.09. The zero-order chi connectivity index (χ0) is 7.56. The van der Waals surface area contributed by atoms with Crippen molar-refractivity contribution in [3.8, 4) is 0 Å². The van der Waals surface area contributed by atoms with Gasteiger partial charge in [0.15, 0.2) is 0 Å². The van der Waals surface area contributed by atoms with E-state index in [0.717, 1.165) is 0 Å². The van der Waals surface area contributed by atoms with Gasteiger partial charge in [-0.15, -0.1) is 0 Å². The van der Waals surface area contributed by atoms with Gasteiger partial charge in [0.05, 0.1) is 0 Å². The second-order valence-corrected chi connectivity index (χ2v) is 2.26. The van der Waals surface area contributed by atoms with Crippen molar-refractivity contribution in [2.75, 3.05) is 6.54 Å². The molecule has 3 heteroatoms. The quantitative estimate of drug-likeness (QED) is 0.594. The van der Waals surface area contributed by atoms with Crippen molar-refractivity contribution in [3.05, 3.63) is 23.6 Å². The summed E-state index contributed by atoms with van der Waals surface area (Å²) < 4.78 is 24.9. The van der Waals surface area contributed by atoms with Crippen LogP contribution in [0.4, 0.5) is 8.78 Å². The molecular weight excluding hydrogens is 136 g/mol. The van der Waals surface area contributed by atoms with Crippen LogP contribution in [0.3, 0.4) is 0 Å². The zero-order valence-corrected chi connectivity index (χ0v) is 5.48. The first-order chi connectivity index (χ1) is 4.72. The van der Waals surface area contributed by atoms with Crippen LogP contribution in [0.25, 0.3) is 0 Å². The molecule has 56 valence electrons. The molecule has 1 atom stereocenters. The Balaban J connectivity index is 2.72. The van der Waals surface area contributed by atoms with Crippen LogP contribution in [0.5, 0.6) is 0 Å². The van der Waals surface area contributed by atoms with Gasteiger partial charge >= 0.3 is 0 Å². The van der Waals surface area contributed by atoms with E-state index in [0.29, 0.717) is 5.57 Å². The standard InChI is InChI=1S/C7H9F2N/c8-6-1-5(4-10)2-7(9)3-6/h1-2,6H,3-4,10H2. The van der Waals surface area contributed by atoms with Crippen LogP contribution in [0, 0.1) is 0 Å². The fraction of sp³-hybridized carbons (Fsp3) is 0.429. The Bertz CT molecular complexity index is 184. The summed E-state index contributed by atoms with van der Waals surface area (Å²) in [6.45, 7) is 0.202. The molecule has 0 saturated heterocycles. The van der Waals surface area contributed by atoms with E-state index >= 15 is 0 Å². The summed E-state index contributed by atoms with van der Waals surface area (Å²) in [4.78, 5) is 0. The molecule has 1 unspecified atom stereocenters.